The maximum Gasteiger partial charge on any atom is 0.266 e. The van der Waals surface area contributed by atoms with E-state index in [2.05, 4.69) is 14.3 Å². The van der Waals surface area contributed by atoms with E-state index < -0.39 is 0 Å². The van der Waals surface area contributed by atoms with E-state index in [4.69, 9.17) is 0 Å². The summed E-state index contributed by atoms with van der Waals surface area (Å²) >= 11 is 1.34. The van der Waals surface area contributed by atoms with Crippen LogP contribution < -0.4 is 5.56 Å². The first-order valence-electron chi connectivity index (χ1n) is 3.31. The monoisotopic (exact) mass is 179 g/mol. The second-order valence-electron chi connectivity index (χ2n) is 2.19. The van der Waals surface area contributed by atoms with Gasteiger partial charge in [-0.05, 0) is 17.6 Å². The van der Waals surface area contributed by atoms with Crippen LogP contribution in [0.5, 0.6) is 0 Å². The first-order valence-corrected chi connectivity index (χ1v) is 4.15. The zero-order chi connectivity index (χ0) is 8.39. The molecule has 2 rings (SSSR count). The fourth-order valence-corrected chi connectivity index (χ4v) is 1.38. The number of aromatic nitrogens is 3. The zero-order valence-corrected chi connectivity index (χ0v) is 6.84. The van der Waals surface area contributed by atoms with Gasteiger partial charge in [-0.2, -0.15) is 4.37 Å². The lowest BCUT2D eigenvalue weighted by molar-refractivity contribution is 1.14. The molecule has 5 heteroatoms. The summed E-state index contributed by atoms with van der Waals surface area (Å²) in [6.45, 7) is 0. The third-order valence-corrected chi connectivity index (χ3v) is 1.93. The van der Waals surface area contributed by atoms with E-state index in [1.807, 2.05) is 11.4 Å². The Morgan fingerprint density at radius 3 is 3.00 bits per heavy atom. The Bertz CT molecular complexity index is 420. The molecule has 0 radical (unpaired) electrons. The van der Waals surface area contributed by atoms with E-state index in [0.29, 0.717) is 5.69 Å². The number of nitrogens with zero attached hydrogens (tertiary/aromatic N) is 2. The molecule has 0 aromatic carbocycles. The van der Waals surface area contributed by atoms with Crippen molar-refractivity contribution in [3.05, 3.63) is 34.2 Å². The summed E-state index contributed by atoms with van der Waals surface area (Å²) in [7, 11) is 0. The summed E-state index contributed by atoms with van der Waals surface area (Å²) in [5, 5.41) is 1.85. The third kappa shape index (κ3) is 1.26. The minimum absolute atomic E-state index is 0.208. The summed E-state index contributed by atoms with van der Waals surface area (Å²) in [4.78, 5) is 17.2. The first-order chi connectivity index (χ1) is 5.86. The predicted octanol–water partition coefficient (Wildman–Crippen LogP) is 0.893. The van der Waals surface area contributed by atoms with Gasteiger partial charge in [0.05, 0.1) is 18.1 Å². The van der Waals surface area contributed by atoms with Crippen LogP contribution in [0.25, 0.3) is 11.4 Å². The van der Waals surface area contributed by atoms with Crippen molar-refractivity contribution in [3.8, 4) is 11.4 Å². The van der Waals surface area contributed by atoms with Crippen LogP contribution in [-0.4, -0.2) is 14.3 Å². The van der Waals surface area contributed by atoms with Crippen molar-refractivity contribution < 1.29 is 0 Å². The van der Waals surface area contributed by atoms with Gasteiger partial charge in [-0.15, -0.1) is 0 Å². The molecule has 4 nitrogen and oxygen atoms in total. The highest BCUT2D eigenvalue weighted by Gasteiger charge is 1.99. The molecule has 0 amide bonds. The van der Waals surface area contributed by atoms with Crippen molar-refractivity contribution in [1.29, 1.82) is 0 Å². The normalized spacial score (nSPS) is 10.0. The summed E-state index contributed by atoms with van der Waals surface area (Å²) in [6.07, 6.45) is 2.81. The minimum atomic E-state index is -0.208. The topological polar surface area (TPSA) is 58.6 Å². The van der Waals surface area contributed by atoms with Crippen LogP contribution in [0.3, 0.4) is 0 Å². The Labute approximate surface area is 72.1 Å². The molecular formula is C7H5N3OS. The molecule has 2 aromatic heterocycles. The lowest BCUT2D eigenvalue weighted by atomic mass is 10.3. The zero-order valence-electron chi connectivity index (χ0n) is 6.02. The van der Waals surface area contributed by atoms with Gasteiger partial charge in [-0.25, -0.2) is 0 Å². The molecule has 0 aliphatic rings. The van der Waals surface area contributed by atoms with Crippen LogP contribution >= 0.6 is 11.5 Å². The number of nitrogens with one attached hydrogen (secondary N) is 1. The van der Waals surface area contributed by atoms with Crippen molar-refractivity contribution in [2.45, 2.75) is 0 Å². The number of H-pyrrole nitrogens is 1. The van der Waals surface area contributed by atoms with Gasteiger partial charge in [0.15, 0.2) is 0 Å². The van der Waals surface area contributed by atoms with Crippen LogP contribution in [0.15, 0.2) is 28.6 Å². The molecule has 0 aliphatic heterocycles. The fourth-order valence-electron chi connectivity index (χ4n) is 0.858. The number of hydrogen-bond donors (Lipinski definition) is 1. The van der Waals surface area contributed by atoms with Gasteiger partial charge in [-0.1, -0.05) is 0 Å². The van der Waals surface area contributed by atoms with Crippen LogP contribution in [0.1, 0.15) is 0 Å². The Morgan fingerprint density at radius 1 is 1.42 bits per heavy atom. The molecule has 2 aromatic rings. The van der Waals surface area contributed by atoms with Crippen LogP contribution in [0.2, 0.25) is 0 Å². The van der Waals surface area contributed by atoms with Gasteiger partial charge in [0.25, 0.3) is 5.56 Å². The maximum absolute atomic E-state index is 10.8. The SMILES string of the molecule is O=c1cncc(-c2ccsn2)[nH]1. The molecular weight excluding hydrogens is 174 g/mol. The fraction of sp³-hybridized carbons (Fsp3) is 0. The van der Waals surface area contributed by atoms with Crippen LogP contribution in [-0.2, 0) is 0 Å². The Morgan fingerprint density at radius 2 is 2.33 bits per heavy atom. The molecule has 0 saturated heterocycles. The Kier molecular flexibility index (Phi) is 1.71. The highest BCUT2D eigenvalue weighted by Crippen LogP contribution is 2.12. The smallest absolute Gasteiger partial charge is 0.266 e. The molecule has 0 aliphatic carbocycles. The second kappa shape index (κ2) is 2.86. The number of aromatic amines is 1. The molecule has 0 fully saturated rings. The van der Waals surface area contributed by atoms with Crippen molar-refractivity contribution in [2.24, 2.45) is 0 Å². The van der Waals surface area contributed by atoms with E-state index in [1.54, 1.807) is 6.20 Å². The van der Waals surface area contributed by atoms with Gasteiger partial charge >= 0.3 is 0 Å². The van der Waals surface area contributed by atoms with E-state index in [1.165, 1.54) is 17.7 Å². The number of rotatable bonds is 1. The molecule has 0 bridgehead atoms. The quantitative estimate of drug-likeness (QED) is 0.707. The lowest BCUT2D eigenvalue weighted by Gasteiger charge is -1.92. The molecule has 2 heterocycles. The van der Waals surface area contributed by atoms with Crippen molar-refractivity contribution in [3.63, 3.8) is 0 Å². The average molecular weight is 179 g/mol. The van der Waals surface area contributed by atoms with Crippen molar-refractivity contribution in [2.75, 3.05) is 0 Å². The van der Waals surface area contributed by atoms with E-state index in [9.17, 15) is 4.79 Å². The highest BCUT2D eigenvalue weighted by molar-refractivity contribution is 7.03. The standard InChI is InChI=1S/C7H5N3OS/c11-7-4-8-3-6(9-7)5-1-2-12-10-5/h1-4H,(H,9,11). The second-order valence-corrected chi connectivity index (χ2v) is 2.86. The summed E-state index contributed by atoms with van der Waals surface area (Å²) in [5.74, 6) is 0. The van der Waals surface area contributed by atoms with Crippen molar-refractivity contribution in [1.82, 2.24) is 14.3 Å². The lowest BCUT2D eigenvalue weighted by Crippen LogP contribution is -2.05. The first kappa shape index (κ1) is 7.17. The molecule has 0 unspecified atom stereocenters. The van der Waals surface area contributed by atoms with Gasteiger partial charge < -0.3 is 4.98 Å². The van der Waals surface area contributed by atoms with E-state index in [-0.39, 0.29) is 5.56 Å². The predicted molar refractivity (Wildman–Crippen MR) is 46.0 cm³/mol. The van der Waals surface area contributed by atoms with Gasteiger partial charge in [0, 0.05) is 5.38 Å². The molecule has 1 N–H and O–H groups in total. The largest absolute Gasteiger partial charge is 0.318 e. The van der Waals surface area contributed by atoms with E-state index >= 15 is 0 Å². The van der Waals surface area contributed by atoms with Gasteiger partial charge in [-0.3, -0.25) is 9.78 Å². The molecule has 0 saturated carbocycles. The van der Waals surface area contributed by atoms with Crippen LogP contribution in [0, 0.1) is 0 Å². The van der Waals surface area contributed by atoms with Gasteiger partial charge in [0.2, 0.25) is 0 Å². The molecule has 0 atom stereocenters. The molecule has 60 valence electrons. The maximum atomic E-state index is 10.8. The molecule has 12 heavy (non-hydrogen) atoms. The van der Waals surface area contributed by atoms with E-state index in [0.717, 1.165) is 5.69 Å². The summed E-state index contributed by atoms with van der Waals surface area (Å²) in [6, 6.07) is 1.83. The van der Waals surface area contributed by atoms with Gasteiger partial charge in [0.1, 0.15) is 5.69 Å². The Balaban J connectivity index is 2.55. The number of hydrogen-bond acceptors (Lipinski definition) is 4. The summed E-state index contributed by atoms with van der Waals surface area (Å²) in [5.41, 5.74) is 1.20. The average Bonchev–Trinajstić information content (AvgIpc) is 2.56. The minimum Gasteiger partial charge on any atom is -0.318 e. The Hall–Kier alpha value is -1.49. The summed E-state index contributed by atoms with van der Waals surface area (Å²) < 4.78 is 4.06. The molecule has 0 spiro atoms. The highest BCUT2D eigenvalue weighted by atomic mass is 32.1. The van der Waals surface area contributed by atoms with Crippen molar-refractivity contribution >= 4 is 11.5 Å². The van der Waals surface area contributed by atoms with Crippen LogP contribution in [0.4, 0.5) is 0 Å². The third-order valence-electron chi connectivity index (χ3n) is 1.37.